The quantitative estimate of drug-likeness (QED) is 0.344. The van der Waals surface area contributed by atoms with E-state index in [2.05, 4.69) is 9.97 Å². The molecule has 1 N–H and O–H groups in total. The number of hydrogen-bond donors (Lipinski definition) is 1. The maximum Gasteiger partial charge on any atom is 0.271 e. The molecule has 2 aromatic carbocycles. The molecule has 1 aliphatic rings. The first-order valence-electron chi connectivity index (χ1n) is 12.5. The second-order valence-electron chi connectivity index (χ2n) is 9.49. The fraction of sp³-hybridized carbons (Fsp3) is 0.286. The van der Waals surface area contributed by atoms with Crippen molar-refractivity contribution >= 4 is 17.2 Å². The molecule has 2 aromatic heterocycles. The van der Waals surface area contributed by atoms with Gasteiger partial charge in [-0.2, -0.15) is 4.98 Å². The third kappa shape index (κ3) is 5.06. The Morgan fingerprint density at radius 3 is 2.51 bits per heavy atom. The lowest BCUT2D eigenvalue weighted by Gasteiger charge is -2.24. The van der Waals surface area contributed by atoms with Crippen LogP contribution in [0.3, 0.4) is 0 Å². The maximum absolute atomic E-state index is 14.4. The molecule has 7 nitrogen and oxygen atoms in total. The highest BCUT2D eigenvalue weighted by molar-refractivity contribution is 7.13. The van der Waals surface area contributed by atoms with Crippen LogP contribution in [0.2, 0.25) is 0 Å². The second-order valence-corrected chi connectivity index (χ2v) is 10.3. The molecule has 0 spiro atoms. The summed E-state index contributed by atoms with van der Waals surface area (Å²) in [6.45, 7) is 3.87. The number of nitrogens with zero attached hydrogens (tertiary/aromatic N) is 4. The van der Waals surface area contributed by atoms with E-state index in [1.807, 2.05) is 0 Å². The van der Waals surface area contributed by atoms with Gasteiger partial charge in [-0.05, 0) is 49.1 Å². The van der Waals surface area contributed by atoms with E-state index < -0.39 is 40.6 Å². The number of amides is 1. The van der Waals surface area contributed by atoms with Crippen LogP contribution in [0.4, 0.5) is 13.2 Å². The number of aryl methyl sites for hydroxylation is 1. The largest absolute Gasteiger partial charge is 0.493 e. The summed E-state index contributed by atoms with van der Waals surface area (Å²) in [5.41, 5.74) is -0.131. The summed E-state index contributed by atoms with van der Waals surface area (Å²) < 4.78 is 43.9. The number of carbonyl (C=O) groups is 1. The Morgan fingerprint density at radius 1 is 1.15 bits per heavy atom. The van der Waals surface area contributed by atoms with Crippen LogP contribution in [0.25, 0.3) is 10.8 Å². The van der Waals surface area contributed by atoms with Crippen molar-refractivity contribution in [3.63, 3.8) is 0 Å². The molecule has 1 saturated heterocycles. The molecule has 4 aromatic rings. The molecular formula is C28H25F3N4O3S. The van der Waals surface area contributed by atoms with Crippen LogP contribution < -0.4 is 5.56 Å². The molecule has 2 atom stereocenters. The van der Waals surface area contributed by atoms with Crippen molar-refractivity contribution in [1.82, 2.24) is 19.4 Å². The molecule has 1 aliphatic heterocycles. The minimum absolute atomic E-state index is 0.0191. The van der Waals surface area contributed by atoms with E-state index >= 15 is 0 Å². The van der Waals surface area contributed by atoms with Crippen LogP contribution in [-0.4, -0.2) is 43.5 Å². The van der Waals surface area contributed by atoms with Crippen LogP contribution >= 0.6 is 11.3 Å². The summed E-state index contributed by atoms with van der Waals surface area (Å²) in [7, 11) is 0. The van der Waals surface area contributed by atoms with Gasteiger partial charge in [-0.25, -0.2) is 18.2 Å². The molecule has 0 aliphatic carbocycles. The first kappa shape index (κ1) is 26.6. The van der Waals surface area contributed by atoms with Gasteiger partial charge in [0.25, 0.3) is 11.5 Å². The summed E-state index contributed by atoms with van der Waals surface area (Å²) in [6.07, 6.45) is 0.699. The summed E-state index contributed by atoms with van der Waals surface area (Å²) in [4.78, 5) is 37.6. The lowest BCUT2D eigenvalue weighted by molar-refractivity contribution is 0.0783. The first-order valence-corrected chi connectivity index (χ1v) is 13.3. The highest BCUT2D eigenvalue weighted by Gasteiger charge is 2.35. The van der Waals surface area contributed by atoms with Gasteiger partial charge in [0.15, 0.2) is 16.4 Å². The zero-order chi connectivity index (χ0) is 27.8. The summed E-state index contributed by atoms with van der Waals surface area (Å²) in [5, 5.41) is 12.9. The van der Waals surface area contributed by atoms with Gasteiger partial charge in [0.1, 0.15) is 17.5 Å². The first-order chi connectivity index (χ1) is 18.7. The highest BCUT2D eigenvalue weighted by Crippen LogP contribution is 2.33. The molecule has 5 rings (SSSR count). The number of likely N-dealkylation sites (tertiary alicyclic amines) is 1. The molecule has 1 amide bonds. The minimum atomic E-state index is -0.911. The SMILES string of the molecule is CCC(c1cc(F)cc(F)c1)n1c(-c2nc(C)cs2)nc(O)c(C(=O)N2CCC(c3ccccc3F)C2)c1=O. The number of hydrogen-bond acceptors (Lipinski definition) is 6. The standard InChI is InChI=1S/C28H25F3N4O3S/c1-3-22(17-10-18(29)12-19(30)11-17)35-24(26-32-15(2)14-39-26)33-25(36)23(28(35)38)27(37)34-9-8-16(13-34)20-6-4-5-7-21(20)31/h4-7,10-12,14,16,22,36H,3,8-9,13H2,1-2H3. The third-order valence-corrected chi connectivity index (χ3v) is 7.87. The number of halogens is 3. The Labute approximate surface area is 226 Å². The van der Waals surface area contributed by atoms with E-state index in [1.54, 1.807) is 37.4 Å². The maximum atomic E-state index is 14.4. The van der Waals surface area contributed by atoms with Crippen LogP contribution in [0.15, 0.2) is 52.6 Å². The predicted octanol–water partition coefficient (Wildman–Crippen LogP) is 5.43. The van der Waals surface area contributed by atoms with Crippen molar-refractivity contribution in [2.45, 2.75) is 38.6 Å². The molecular weight excluding hydrogens is 529 g/mol. The van der Waals surface area contributed by atoms with Crippen LogP contribution in [0.5, 0.6) is 5.88 Å². The Kier molecular flexibility index (Phi) is 7.26. The van der Waals surface area contributed by atoms with Crippen molar-refractivity contribution in [1.29, 1.82) is 0 Å². The molecule has 39 heavy (non-hydrogen) atoms. The van der Waals surface area contributed by atoms with Gasteiger partial charge in [0.05, 0.1) is 6.04 Å². The summed E-state index contributed by atoms with van der Waals surface area (Å²) in [5.74, 6) is -3.82. The lowest BCUT2D eigenvalue weighted by Crippen LogP contribution is -2.38. The monoisotopic (exact) mass is 554 g/mol. The number of aromatic nitrogens is 3. The average molecular weight is 555 g/mol. The molecule has 0 bridgehead atoms. The van der Waals surface area contributed by atoms with Crippen molar-refractivity contribution in [3.8, 4) is 16.7 Å². The van der Waals surface area contributed by atoms with E-state index in [0.29, 0.717) is 22.7 Å². The van der Waals surface area contributed by atoms with E-state index in [1.165, 1.54) is 26.9 Å². The van der Waals surface area contributed by atoms with Gasteiger partial charge >= 0.3 is 0 Å². The number of carbonyl (C=O) groups excluding carboxylic acids is 1. The Morgan fingerprint density at radius 2 is 1.87 bits per heavy atom. The van der Waals surface area contributed by atoms with Crippen LogP contribution in [-0.2, 0) is 0 Å². The smallest absolute Gasteiger partial charge is 0.271 e. The molecule has 11 heteroatoms. The van der Waals surface area contributed by atoms with E-state index in [0.717, 1.165) is 18.2 Å². The fourth-order valence-electron chi connectivity index (χ4n) is 5.10. The second kappa shape index (κ2) is 10.6. The van der Waals surface area contributed by atoms with Gasteiger partial charge in [0, 0.05) is 36.1 Å². The fourth-order valence-corrected chi connectivity index (χ4v) is 5.88. The highest BCUT2D eigenvalue weighted by atomic mass is 32.1. The normalized spacial score (nSPS) is 16.0. The van der Waals surface area contributed by atoms with Gasteiger partial charge < -0.3 is 10.0 Å². The predicted molar refractivity (Wildman–Crippen MR) is 140 cm³/mol. The topological polar surface area (TPSA) is 88.3 Å². The Bertz CT molecular complexity index is 1600. The minimum Gasteiger partial charge on any atom is -0.493 e. The molecule has 1 fully saturated rings. The average Bonchev–Trinajstić information content (AvgIpc) is 3.55. The molecule has 0 radical (unpaired) electrons. The lowest BCUT2D eigenvalue weighted by atomic mass is 9.98. The van der Waals surface area contributed by atoms with Crippen molar-refractivity contribution in [2.24, 2.45) is 0 Å². The molecule has 2 unspecified atom stereocenters. The zero-order valence-electron chi connectivity index (χ0n) is 21.2. The Balaban J connectivity index is 1.61. The van der Waals surface area contributed by atoms with Crippen LogP contribution in [0, 0.1) is 24.4 Å². The molecule has 0 saturated carbocycles. The van der Waals surface area contributed by atoms with Crippen LogP contribution in [0.1, 0.15) is 58.9 Å². The van der Waals surface area contributed by atoms with E-state index in [4.69, 9.17) is 0 Å². The number of aromatic hydroxyl groups is 1. The van der Waals surface area contributed by atoms with Gasteiger partial charge in [-0.3, -0.25) is 14.2 Å². The van der Waals surface area contributed by atoms with Gasteiger partial charge in [-0.1, -0.05) is 25.1 Å². The van der Waals surface area contributed by atoms with Crippen molar-refractivity contribution in [2.75, 3.05) is 13.1 Å². The zero-order valence-corrected chi connectivity index (χ0v) is 22.0. The molecule has 202 valence electrons. The van der Waals surface area contributed by atoms with Crippen molar-refractivity contribution in [3.05, 3.63) is 98.0 Å². The summed E-state index contributed by atoms with van der Waals surface area (Å²) in [6, 6.07) is 8.38. The number of thiazole rings is 1. The summed E-state index contributed by atoms with van der Waals surface area (Å²) >= 11 is 1.18. The van der Waals surface area contributed by atoms with E-state index in [-0.39, 0.29) is 42.6 Å². The van der Waals surface area contributed by atoms with Gasteiger partial charge in [-0.15, -0.1) is 11.3 Å². The third-order valence-electron chi connectivity index (χ3n) is 6.91. The molecule has 3 heterocycles. The van der Waals surface area contributed by atoms with Crippen molar-refractivity contribution < 1.29 is 23.1 Å². The van der Waals surface area contributed by atoms with Gasteiger partial charge in [0.2, 0.25) is 5.88 Å². The Hall–Kier alpha value is -3.99. The number of rotatable bonds is 6. The van der Waals surface area contributed by atoms with E-state index in [9.17, 15) is 27.9 Å². The number of benzene rings is 2.